The molecule has 3 heterocycles. The molecule has 1 N–H and O–H groups in total. The van der Waals surface area contributed by atoms with Crippen molar-refractivity contribution in [3.05, 3.63) is 49.2 Å². The number of hydrogen-bond acceptors (Lipinski definition) is 5. The zero-order valence-electron chi connectivity index (χ0n) is 15.0. The lowest BCUT2D eigenvalue weighted by Gasteiger charge is -2.12. The Morgan fingerprint density at radius 3 is 2.89 bits per heavy atom. The van der Waals surface area contributed by atoms with Crippen LogP contribution in [-0.4, -0.2) is 42.1 Å². The average molecular weight is 364 g/mol. The molecule has 0 aromatic carbocycles. The minimum Gasteiger partial charge on any atom is -0.350 e. The van der Waals surface area contributed by atoms with Crippen molar-refractivity contribution >= 4 is 17.2 Å². The second kappa shape index (κ2) is 6.79. The number of carbonyl (C=O) groups excluding carboxylic acids is 2. The van der Waals surface area contributed by atoms with Gasteiger partial charge in [0.1, 0.15) is 5.69 Å². The van der Waals surface area contributed by atoms with Crippen LogP contribution in [0.3, 0.4) is 0 Å². The monoisotopic (exact) mass is 364 g/mol. The van der Waals surface area contributed by atoms with Crippen molar-refractivity contribution in [1.29, 1.82) is 0 Å². The Morgan fingerprint density at radius 2 is 2.15 bits per heavy atom. The summed E-state index contributed by atoms with van der Waals surface area (Å²) in [7, 11) is 1.83. The second-order valence-corrected chi connectivity index (χ2v) is 6.82. The van der Waals surface area contributed by atoms with E-state index in [1.165, 1.54) is 6.08 Å². The summed E-state index contributed by atoms with van der Waals surface area (Å²) < 4.78 is 3.37. The lowest BCUT2D eigenvalue weighted by molar-refractivity contribution is -0.117. The Labute approximate surface area is 155 Å². The second-order valence-electron chi connectivity index (χ2n) is 6.82. The number of aromatic nitrogens is 5. The molecule has 0 spiro atoms. The largest absolute Gasteiger partial charge is 0.350 e. The van der Waals surface area contributed by atoms with E-state index < -0.39 is 0 Å². The number of aryl methyl sites for hydroxylation is 1. The van der Waals surface area contributed by atoms with E-state index in [4.69, 9.17) is 0 Å². The lowest BCUT2D eigenvalue weighted by atomic mass is 9.98. The molecule has 1 aliphatic rings. The van der Waals surface area contributed by atoms with Crippen LogP contribution in [0.25, 0.3) is 16.8 Å². The molecule has 2 unspecified atom stereocenters. The highest BCUT2D eigenvalue weighted by atomic mass is 16.1. The first kappa shape index (κ1) is 17.1. The van der Waals surface area contributed by atoms with Crippen molar-refractivity contribution in [3.8, 4) is 11.3 Å². The van der Waals surface area contributed by atoms with Gasteiger partial charge in [0.15, 0.2) is 5.78 Å². The Balaban J connectivity index is 1.65. The van der Waals surface area contributed by atoms with Crippen LogP contribution in [0.1, 0.15) is 29.8 Å². The molecule has 3 aromatic heterocycles. The fourth-order valence-electron chi connectivity index (χ4n) is 3.61. The number of nitrogens with zero attached hydrogens (tertiary/aromatic N) is 5. The van der Waals surface area contributed by atoms with Crippen LogP contribution >= 0.6 is 0 Å². The van der Waals surface area contributed by atoms with E-state index in [2.05, 4.69) is 27.1 Å². The van der Waals surface area contributed by atoms with Gasteiger partial charge in [-0.1, -0.05) is 6.58 Å². The summed E-state index contributed by atoms with van der Waals surface area (Å²) in [6, 6.07) is 1.78. The van der Waals surface area contributed by atoms with Crippen molar-refractivity contribution < 1.29 is 9.59 Å². The topological polar surface area (TPSA) is 94.2 Å². The zero-order valence-corrected chi connectivity index (χ0v) is 15.0. The van der Waals surface area contributed by atoms with Crippen LogP contribution in [0, 0.1) is 5.92 Å². The van der Waals surface area contributed by atoms with Gasteiger partial charge in [0.2, 0.25) is 5.91 Å². The summed E-state index contributed by atoms with van der Waals surface area (Å²) >= 11 is 0. The molecule has 1 saturated carbocycles. The first-order valence-corrected chi connectivity index (χ1v) is 8.85. The number of rotatable bonds is 5. The summed E-state index contributed by atoms with van der Waals surface area (Å²) in [5.74, 6) is -0.389. The number of carbonyl (C=O) groups is 2. The number of Topliss-reactive ketones (excluding diaryl/α,β-unsaturated/α-hetero) is 1. The van der Waals surface area contributed by atoms with Crippen LogP contribution in [0.15, 0.2) is 43.5 Å². The maximum Gasteiger partial charge on any atom is 0.243 e. The van der Waals surface area contributed by atoms with E-state index >= 15 is 0 Å². The van der Waals surface area contributed by atoms with Gasteiger partial charge in [0, 0.05) is 30.8 Å². The van der Waals surface area contributed by atoms with Crippen LogP contribution in [0.4, 0.5) is 0 Å². The Morgan fingerprint density at radius 1 is 1.30 bits per heavy atom. The van der Waals surface area contributed by atoms with E-state index in [0.717, 1.165) is 18.4 Å². The van der Waals surface area contributed by atoms with Gasteiger partial charge >= 0.3 is 0 Å². The highest BCUT2D eigenvalue weighted by Crippen LogP contribution is 2.30. The standard InChI is InChI=1S/C19H20N6O2/c1-3-17(26)22-14-5-4-12(8-14)19(27)18-16-6-7-20-25(16)11-15(23-18)13-9-21-24(2)10-13/h3,6-7,9-12,14H,1,4-5,8H2,2H3,(H,22,26). The van der Waals surface area contributed by atoms with Crippen molar-refractivity contribution in [2.75, 3.05) is 0 Å². The number of nitrogens with one attached hydrogen (secondary N) is 1. The fourth-order valence-corrected chi connectivity index (χ4v) is 3.61. The highest BCUT2D eigenvalue weighted by molar-refractivity contribution is 6.02. The third-order valence-electron chi connectivity index (χ3n) is 4.96. The summed E-state index contributed by atoms with van der Waals surface area (Å²) in [6.45, 7) is 3.47. The first-order valence-electron chi connectivity index (χ1n) is 8.85. The molecule has 0 bridgehead atoms. The smallest absolute Gasteiger partial charge is 0.243 e. The molecule has 1 fully saturated rings. The van der Waals surface area contributed by atoms with Gasteiger partial charge in [-0.2, -0.15) is 10.2 Å². The van der Waals surface area contributed by atoms with Crippen molar-refractivity contribution in [2.45, 2.75) is 25.3 Å². The van der Waals surface area contributed by atoms with Crippen LogP contribution in [0.2, 0.25) is 0 Å². The van der Waals surface area contributed by atoms with Crippen LogP contribution < -0.4 is 5.32 Å². The molecule has 1 amide bonds. The lowest BCUT2D eigenvalue weighted by Crippen LogP contribution is -2.31. The SMILES string of the molecule is C=CC(=O)NC1CCC(C(=O)c2nc(-c3cnn(C)c3)cn3nccc23)C1. The molecule has 8 nitrogen and oxygen atoms in total. The Kier molecular flexibility index (Phi) is 4.31. The van der Waals surface area contributed by atoms with Crippen LogP contribution in [-0.2, 0) is 11.8 Å². The van der Waals surface area contributed by atoms with Gasteiger partial charge in [0.05, 0.1) is 29.8 Å². The van der Waals surface area contributed by atoms with Crippen molar-refractivity contribution in [1.82, 2.24) is 29.7 Å². The third kappa shape index (κ3) is 3.25. The minimum atomic E-state index is -0.206. The van der Waals surface area contributed by atoms with Gasteiger partial charge < -0.3 is 5.32 Å². The first-order chi connectivity index (χ1) is 13.0. The molecule has 8 heteroatoms. The average Bonchev–Trinajstić information content (AvgIpc) is 3.40. The summed E-state index contributed by atoms with van der Waals surface area (Å²) in [6.07, 6.45) is 10.4. The van der Waals surface area contributed by atoms with E-state index in [-0.39, 0.29) is 23.7 Å². The highest BCUT2D eigenvalue weighted by Gasteiger charge is 2.33. The molecule has 0 radical (unpaired) electrons. The number of amides is 1. The quantitative estimate of drug-likeness (QED) is 0.550. The predicted molar refractivity (Wildman–Crippen MR) is 99.0 cm³/mol. The zero-order chi connectivity index (χ0) is 19.0. The summed E-state index contributed by atoms with van der Waals surface area (Å²) in [5, 5.41) is 11.3. The molecule has 0 aliphatic heterocycles. The molecular formula is C19H20N6O2. The predicted octanol–water partition coefficient (Wildman–Crippen LogP) is 1.78. The van der Waals surface area contributed by atoms with Crippen molar-refractivity contribution in [2.24, 2.45) is 13.0 Å². The summed E-state index contributed by atoms with van der Waals surface area (Å²) in [4.78, 5) is 29.3. The van der Waals surface area contributed by atoms with Crippen molar-refractivity contribution in [3.63, 3.8) is 0 Å². The maximum atomic E-state index is 13.2. The van der Waals surface area contributed by atoms with Gasteiger partial charge in [0.25, 0.3) is 0 Å². The maximum absolute atomic E-state index is 13.2. The van der Waals surface area contributed by atoms with Crippen LogP contribution in [0.5, 0.6) is 0 Å². The molecule has 4 rings (SSSR count). The van der Waals surface area contributed by atoms with E-state index in [0.29, 0.717) is 23.3 Å². The van der Waals surface area contributed by atoms with Gasteiger partial charge in [-0.05, 0) is 31.4 Å². The van der Waals surface area contributed by atoms with E-state index in [1.807, 2.05) is 13.2 Å². The minimum absolute atomic E-state index is 0.00751. The Bertz CT molecular complexity index is 1030. The summed E-state index contributed by atoms with van der Waals surface area (Å²) in [5.41, 5.74) is 2.57. The Hall–Kier alpha value is -3.29. The van der Waals surface area contributed by atoms with Gasteiger partial charge in [-0.3, -0.25) is 14.3 Å². The van der Waals surface area contributed by atoms with Gasteiger partial charge in [-0.25, -0.2) is 9.50 Å². The van der Waals surface area contributed by atoms with Gasteiger partial charge in [-0.15, -0.1) is 0 Å². The molecule has 1 aliphatic carbocycles. The molecular weight excluding hydrogens is 344 g/mol. The van der Waals surface area contributed by atoms with E-state index in [9.17, 15) is 9.59 Å². The normalized spacial score (nSPS) is 19.3. The number of hydrogen-bond donors (Lipinski definition) is 1. The fraction of sp³-hybridized carbons (Fsp3) is 0.316. The third-order valence-corrected chi connectivity index (χ3v) is 4.96. The number of fused-ring (bicyclic) bond motifs is 1. The molecule has 3 aromatic rings. The number of ketones is 1. The molecule has 2 atom stereocenters. The molecule has 138 valence electrons. The molecule has 0 saturated heterocycles. The molecule has 27 heavy (non-hydrogen) atoms. The van der Waals surface area contributed by atoms with E-state index in [1.54, 1.807) is 33.9 Å².